The highest BCUT2D eigenvalue weighted by Crippen LogP contribution is 2.22. The van der Waals surface area contributed by atoms with Gasteiger partial charge in [-0.1, -0.05) is 12.1 Å². The van der Waals surface area contributed by atoms with Gasteiger partial charge in [-0.3, -0.25) is 19.7 Å². The van der Waals surface area contributed by atoms with Crippen molar-refractivity contribution in [3.05, 3.63) is 69.3 Å². The third kappa shape index (κ3) is 4.31. The van der Waals surface area contributed by atoms with Gasteiger partial charge in [-0.2, -0.15) is 0 Å². The van der Waals surface area contributed by atoms with Gasteiger partial charge in [0.25, 0.3) is 17.5 Å². The highest BCUT2D eigenvalue weighted by Gasteiger charge is 2.15. The van der Waals surface area contributed by atoms with Crippen molar-refractivity contribution in [1.29, 1.82) is 0 Å². The van der Waals surface area contributed by atoms with Crippen molar-refractivity contribution in [2.45, 2.75) is 6.54 Å². The largest absolute Gasteiger partial charge is 0.393 e. The third-order valence-electron chi connectivity index (χ3n) is 3.52. The zero-order valence-electron chi connectivity index (χ0n) is 13.9. The lowest BCUT2D eigenvalue weighted by Gasteiger charge is -2.11. The van der Waals surface area contributed by atoms with Gasteiger partial charge in [-0.15, -0.1) is 0 Å². The van der Waals surface area contributed by atoms with E-state index >= 15 is 0 Å². The van der Waals surface area contributed by atoms with Crippen LogP contribution in [0.4, 0.5) is 11.4 Å². The average molecular weight is 342 g/mol. The Labute approximate surface area is 144 Å². The minimum absolute atomic E-state index is 0.00329. The van der Waals surface area contributed by atoms with E-state index in [9.17, 15) is 19.7 Å². The topological polar surface area (TPSA) is 119 Å². The zero-order valence-corrected chi connectivity index (χ0v) is 13.9. The monoisotopic (exact) mass is 342 g/mol. The van der Waals surface area contributed by atoms with Gasteiger partial charge in [-0.25, -0.2) is 0 Å². The van der Waals surface area contributed by atoms with Crippen LogP contribution >= 0.6 is 0 Å². The van der Waals surface area contributed by atoms with E-state index in [-0.39, 0.29) is 29.4 Å². The molecule has 0 radical (unpaired) electrons. The quantitative estimate of drug-likeness (QED) is 0.488. The molecule has 2 aromatic carbocycles. The van der Waals surface area contributed by atoms with Gasteiger partial charge in [0, 0.05) is 37.8 Å². The summed E-state index contributed by atoms with van der Waals surface area (Å²) in [5.74, 6) is -0.602. The second-order valence-electron chi connectivity index (χ2n) is 5.61. The van der Waals surface area contributed by atoms with E-state index in [2.05, 4.69) is 5.32 Å². The third-order valence-corrected chi connectivity index (χ3v) is 3.52. The molecule has 2 amide bonds. The summed E-state index contributed by atoms with van der Waals surface area (Å²) in [5, 5.41) is 13.6. The molecule has 0 fully saturated rings. The highest BCUT2D eigenvalue weighted by molar-refractivity contribution is 5.96. The summed E-state index contributed by atoms with van der Waals surface area (Å²) >= 11 is 0. The Morgan fingerprint density at radius 2 is 1.88 bits per heavy atom. The Balaban J connectivity index is 2.10. The number of hydrogen-bond acceptors (Lipinski definition) is 5. The molecule has 130 valence electrons. The van der Waals surface area contributed by atoms with Crippen LogP contribution in [0.1, 0.15) is 26.3 Å². The maximum atomic E-state index is 12.2. The van der Waals surface area contributed by atoms with Crippen molar-refractivity contribution in [1.82, 2.24) is 10.2 Å². The fraction of sp³-hybridized carbons (Fsp3) is 0.176. The Bertz CT molecular complexity index is 833. The average Bonchev–Trinajstić information content (AvgIpc) is 2.59. The number of amides is 2. The molecule has 0 unspecified atom stereocenters. The number of nitrogen functional groups attached to an aromatic ring is 1. The SMILES string of the molecule is CN(C)C(=O)c1cccc(CNC(=O)c2ccc(N)c([N+](=O)[O-])c2)c1. The molecule has 2 aromatic rings. The number of carbonyl (C=O) groups excluding carboxylic acids is 2. The summed E-state index contributed by atoms with van der Waals surface area (Å²) < 4.78 is 0. The minimum atomic E-state index is -0.636. The summed E-state index contributed by atoms with van der Waals surface area (Å²) in [5.41, 5.74) is 6.59. The van der Waals surface area contributed by atoms with Crippen LogP contribution < -0.4 is 11.1 Å². The van der Waals surface area contributed by atoms with Crippen molar-refractivity contribution < 1.29 is 14.5 Å². The van der Waals surface area contributed by atoms with Crippen molar-refractivity contribution in [3.8, 4) is 0 Å². The molecular formula is C17H18N4O4. The molecule has 0 aliphatic rings. The molecule has 0 saturated carbocycles. The fourth-order valence-electron chi connectivity index (χ4n) is 2.20. The standard InChI is InChI=1S/C17H18N4O4/c1-20(2)17(23)13-5-3-4-11(8-13)10-19-16(22)12-6-7-14(18)15(9-12)21(24)25/h3-9H,10,18H2,1-2H3,(H,19,22). The molecule has 25 heavy (non-hydrogen) atoms. The lowest BCUT2D eigenvalue weighted by molar-refractivity contribution is -0.383. The van der Waals surface area contributed by atoms with Crippen molar-refractivity contribution in [2.75, 3.05) is 19.8 Å². The van der Waals surface area contributed by atoms with Gasteiger partial charge in [0.15, 0.2) is 0 Å². The van der Waals surface area contributed by atoms with Gasteiger partial charge >= 0.3 is 0 Å². The molecule has 8 heteroatoms. The lowest BCUT2D eigenvalue weighted by atomic mass is 10.1. The van der Waals surface area contributed by atoms with Crippen LogP contribution in [0.5, 0.6) is 0 Å². The van der Waals surface area contributed by atoms with Crippen LogP contribution in [0.25, 0.3) is 0 Å². The van der Waals surface area contributed by atoms with Gasteiger partial charge in [0.05, 0.1) is 4.92 Å². The van der Waals surface area contributed by atoms with E-state index in [1.807, 2.05) is 0 Å². The predicted molar refractivity (Wildman–Crippen MR) is 93.1 cm³/mol. The molecule has 3 N–H and O–H groups in total. The van der Waals surface area contributed by atoms with E-state index < -0.39 is 10.8 Å². The predicted octanol–water partition coefficient (Wildman–Crippen LogP) is 1.81. The Morgan fingerprint density at radius 3 is 2.52 bits per heavy atom. The van der Waals surface area contributed by atoms with E-state index in [1.165, 1.54) is 17.0 Å². The summed E-state index contributed by atoms with van der Waals surface area (Å²) in [4.78, 5) is 35.9. The Kier molecular flexibility index (Phi) is 5.33. The number of carbonyl (C=O) groups is 2. The number of nitro benzene ring substituents is 1. The summed E-state index contributed by atoms with van der Waals surface area (Å²) in [6.07, 6.45) is 0. The van der Waals surface area contributed by atoms with Crippen LogP contribution in [0.15, 0.2) is 42.5 Å². The van der Waals surface area contributed by atoms with Crippen molar-refractivity contribution >= 4 is 23.2 Å². The van der Waals surface area contributed by atoms with E-state index in [1.54, 1.807) is 38.4 Å². The van der Waals surface area contributed by atoms with Crippen LogP contribution in [0, 0.1) is 10.1 Å². The molecule has 0 aromatic heterocycles. The molecule has 0 aliphatic heterocycles. The van der Waals surface area contributed by atoms with E-state index in [0.717, 1.165) is 11.6 Å². The van der Waals surface area contributed by atoms with E-state index in [4.69, 9.17) is 5.73 Å². The Hall–Kier alpha value is -3.42. The first kappa shape index (κ1) is 17.9. The number of nitrogens with two attached hydrogens (primary N) is 1. The van der Waals surface area contributed by atoms with Gasteiger partial charge in [0.2, 0.25) is 0 Å². The van der Waals surface area contributed by atoms with Crippen LogP contribution in [0.2, 0.25) is 0 Å². The van der Waals surface area contributed by atoms with Crippen molar-refractivity contribution in [2.24, 2.45) is 0 Å². The summed E-state index contributed by atoms with van der Waals surface area (Å²) in [7, 11) is 3.32. The number of benzene rings is 2. The molecule has 0 aliphatic carbocycles. The van der Waals surface area contributed by atoms with Crippen LogP contribution in [0.3, 0.4) is 0 Å². The molecule has 0 spiro atoms. The zero-order chi connectivity index (χ0) is 18.6. The van der Waals surface area contributed by atoms with Crippen molar-refractivity contribution in [3.63, 3.8) is 0 Å². The molecule has 0 bridgehead atoms. The fourth-order valence-corrected chi connectivity index (χ4v) is 2.20. The lowest BCUT2D eigenvalue weighted by Crippen LogP contribution is -2.24. The summed E-state index contributed by atoms with van der Waals surface area (Å²) in [6, 6.07) is 10.8. The molecule has 8 nitrogen and oxygen atoms in total. The molecule has 2 rings (SSSR count). The smallest absolute Gasteiger partial charge is 0.292 e. The molecule has 0 heterocycles. The molecule has 0 atom stereocenters. The van der Waals surface area contributed by atoms with Gasteiger partial charge < -0.3 is 16.0 Å². The normalized spacial score (nSPS) is 10.2. The van der Waals surface area contributed by atoms with Crippen LogP contribution in [-0.4, -0.2) is 35.7 Å². The van der Waals surface area contributed by atoms with Gasteiger partial charge in [0.1, 0.15) is 5.69 Å². The first-order valence-electron chi connectivity index (χ1n) is 7.42. The van der Waals surface area contributed by atoms with Crippen LogP contribution in [-0.2, 0) is 6.54 Å². The highest BCUT2D eigenvalue weighted by atomic mass is 16.6. The number of nitro groups is 1. The summed E-state index contributed by atoms with van der Waals surface area (Å²) in [6.45, 7) is 0.186. The molecular weight excluding hydrogens is 324 g/mol. The number of nitrogens with one attached hydrogen (secondary N) is 1. The Morgan fingerprint density at radius 1 is 1.16 bits per heavy atom. The molecule has 0 saturated heterocycles. The second-order valence-corrected chi connectivity index (χ2v) is 5.61. The number of hydrogen-bond donors (Lipinski definition) is 2. The first-order valence-corrected chi connectivity index (χ1v) is 7.42. The number of rotatable bonds is 5. The maximum absolute atomic E-state index is 12.2. The number of anilines is 1. The van der Waals surface area contributed by atoms with E-state index in [0.29, 0.717) is 5.56 Å². The van der Waals surface area contributed by atoms with Gasteiger partial charge in [-0.05, 0) is 29.8 Å². The second kappa shape index (κ2) is 7.43. The maximum Gasteiger partial charge on any atom is 0.292 e. The number of nitrogens with zero attached hydrogens (tertiary/aromatic N) is 2. The minimum Gasteiger partial charge on any atom is -0.393 e. The first-order chi connectivity index (χ1) is 11.8.